The molecule has 3 rings (SSSR count). The summed E-state index contributed by atoms with van der Waals surface area (Å²) in [6.45, 7) is 9.01. The van der Waals surface area contributed by atoms with Crippen molar-refractivity contribution in [1.82, 2.24) is 10.2 Å². The number of nitrogens with zero attached hydrogens (tertiary/aromatic N) is 1. The third kappa shape index (κ3) is 10.5. The van der Waals surface area contributed by atoms with Crippen molar-refractivity contribution in [3.05, 3.63) is 106 Å². The highest BCUT2D eigenvalue weighted by Crippen LogP contribution is 2.17. The van der Waals surface area contributed by atoms with Gasteiger partial charge in [-0.25, -0.2) is 8.78 Å². The fourth-order valence-corrected chi connectivity index (χ4v) is 5.08. The Morgan fingerprint density at radius 1 is 0.841 bits per heavy atom. The lowest BCUT2D eigenvalue weighted by molar-refractivity contribution is -0.0502. The van der Waals surface area contributed by atoms with E-state index in [1.165, 1.54) is 6.07 Å². The fraction of sp³-hybridized carbons (Fsp3) is 0.429. The number of aryl methyl sites for hydroxylation is 2. The third-order valence-corrected chi connectivity index (χ3v) is 7.31. The number of carbonyl (C=O) groups excluding carboxylic acids is 2. The second kappa shape index (κ2) is 17.0. The van der Waals surface area contributed by atoms with Crippen LogP contribution in [0.15, 0.2) is 60.7 Å². The van der Waals surface area contributed by atoms with E-state index in [-0.39, 0.29) is 30.1 Å². The first-order valence-corrected chi connectivity index (χ1v) is 15.2. The van der Waals surface area contributed by atoms with Crippen molar-refractivity contribution in [2.45, 2.75) is 71.6 Å². The molecule has 44 heavy (non-hydrogen) atoms. The van der Waals surface area contributed by atoms with Crippen LogP contribution in [0.3, 0.4) is 0 Å². The SMILES string of the molecule is CCCN(CCC)C(=O)c1cc(C)cc(C(=O)N[C@@H](Cc2cc(F)cc(F)c2)[C@@H](O)[C@H](O)COCCc2ccc(C)cc2)c1. The summed E-state index contributed by atoms with van der Waals surface area (Å²) in [4.78, 5) is 28.5. The molecule has 0 aliphatic carbocycles. The van der Waals surface area contributed by atoms with Crippen LogP contribution < -0.4 is 5.32 Å². The number of aliphatic hydroxyl groups is 2. The molecule has 0 radical (unpaired) electrons. The lowest BCUT2D eigenvalue weighted by atomic mass is 9.96. The second-order valence-corrected chi connectivity index (χ2v) is 11.3. The van der Waals surface area contributed by atoms with Crippen LogP contribution in [0.5, 0.6) is 0 Å². The van der Waals surface area contributed by atoms with Crippen molar-refractivity contribution in [3.8, 4) is 0 Å². The standard InChI is InChI=1S/C35H44F2N2O5/c1-5-12-39(13-6-2)35(43)28-16-24(4)15-27(20-28)34(42)38-31(19-26-17-29(36)21-30(37)18-26)33(41)32(40)22-44-14-11-25-9-7-23(3)8-10-25/h7-10,15-18,20-21,31-33,40-41H,5-6,11-14,19,22H2,1-4H3,(H,38,42)/t31-,32+,33+/m0/s1. The van der Waals surface area contributed by atoms with Gasteiger partial charge in [0.15, 0.2) is 0 Å². The van der Waals surface area contributed by atoms with Gasteiger partial charge in [-0.2, -0.15) is 0 Å². The largest absolute Gasteiger partial charge is 0.388 e. The molecule has 0 heterocycles. The molecule has 9 heteroatoms. The number of benzene rings is 3. The van der Waals surface area contributed by atoms with Gasteiger partial charge < -0.3 is 25.2 Å². The smallest absolute Gasteiger partial charge is 0.253 e. The molecule has 3 aromatic carbocycles. The highest BCUT2D eigenvalue weighted by molar-refractivity contribution is 6.00. The van der Waals surface area contributed by atoms with Gasteiger partial charge in [-0.05, 0) is 86.6 Å². The van der Waals surface area contributed by atoms with Crippen LogP contribution in [-0.4, -0.2) is 71.5 Å². The lowest BCUT2D eigenvalue weighted by Crippen LogP contribution is -2.51. The zero-order valence-corrected chi connectivity index (χ0v) is 26.0. The molecule has 2 amide bonds. The minimum absolute atomic E-state index is 0.166. The molecular formula is C35H44F2N2O5. The number of ether oxygens (including phenoxy) is 1. The number of hydrogen-bond donors (Lipinski definition) is 3. The Hall–Kier alpha value is -3.66. The molecule has 0 fully saturated rings. The summed E-state index contributed by atoms with van der Waals surface area (Å²) in [5, 5.41) is 24.6. The quantitative estimate of drug-likeness (QED) is 0.195. The monoisotopic (exact) mass is 610 g/mol. The van der Waals surface area contributed by atoms with Crippen LogP contribution >= 0.6 is 0 Å². The maximum absolute atomic E-state index is 14.0. The molecule has 238 valence electrons. The van der Waals surface area contributed by atoms with E-state index < -0.39 is 35.8 Å². The molecule has 0 unspecified atom stereocenters. The Morgan fingerprint density at radius 3 is 2.07 bits per heavy atom. The molecule has 3 aromatic rings. The van der Waals surface area contributed by atoms with Gasteiger partial charge in [-0.15, -0.1) is 0 Å². The summed E-state index contributed by atoms with van der Waals surface area (Å²) in [5.41, 5.74) is 3.64. The average Bonchev–Trinajstić information content (AvgIpc) is 2.98. The van der Waals surface area contributed by atoms with Gasteiger partial charge in [0.25, 0.3) is 11.8 Å². The van der Waals surface area contributed by atoms with E-state index in [1.807, 2.05) is 45.0 Å². The predicted molar refractivity (Wildman–Crippen MR) is 167 cm³/mol. The molecule has 3 atom stereocenters. The Bertz CT molecular complexity index is 1360. The number of amides is 2. The lowest BCUT2D eigenvalue weighted by Gasteiger charge is -2.28. The van der Waals surface area contributed by atoms with E-state index in [2.05, 4.69) is 5.32 Å². The van der Waals surface area contributed by atoms with Gasteiger partial charge in [0, 0.05) is 30.3 Å². The summed E-state index contributed by atoms with van der Waals surface area (Å²) < 4.78 is 33.6. The van der Waals surface area contributed by atoms with Crippen molar-refractivity contribution in [2.24, 2.45) is 0 Å². The van der Waals surface area contributed by atoms with Gasteiger partial charge in [-0.1, -0.05) is 43.7 Å². The van der Waals surface area contributed by atoms with Crippen molar-refractivity contribution in [2.75, 3.05) is 26.3 Å². The van der Waals surface area contributed by atoms with Crippen LogP contribution in [0.2, 0.25) is 0 Å². The molecule has 0 saturated carbocycles. The highest BCUT2D eigenvalue weighted by Gasteiger charge is 2.29. The summed E-state index contributed by atoms with van der Waals surface area (Å²) >= 11 is 0. The number of rotatable bonds is 16. The van der Waals surface area contributed by atoms with E-state index in [1.54, 1.807) is 24.0 Å². The molecule has 0 spiro atoms. The Kier molecular flexibility index (Phi) is 13.4. The zero-order chi connectivity index (χ0) is 32.2. The minimum atomic E-state index is -1.53. The topological polar surface area (TPSA) is 99.1 Å². The second-order valence-electron chi connectivity index (χ2n) is 11.3. The predicted octanol–water partition coefficient (Wildman–Crippen LogP) is 5.17. The van der Waals surface area contributed by atoms with Crippen LogP contribution in [0.25, 0.3) is 0 Å². The highest BCUT2D eigenvalue weighted by atomic mass is 19.1. The third-order valence-electron chi connectivity index (χ3n) is 7.31. The molecule has 7 nitrogen and oxygen atoms in total. The maximum atomic E-state index is 14.0. The Labute approximate surface area is 258 Å². The summed E-state index contributed by atoms with van der Waals surface area (Å²) in [6, 6.07) is 14.6. The summed E-state index contributed by atoms with van der Waals surface area (Å²) in [7, 11) is 0. The molecule has 0 saturated heterocycles. The normalized spacial score (nSPS) is 13.3. The molecule has 0 bridgehead atoms. The maximum Gasteiger partial charge on any atom is 0.253 e. The fourth-order valence-electron chi connectivity index (χ4n) is 5.08. The minimum Gasteiger partial charge on any atom is -0.388 e. The van der Waals surface area contributed by atoms with Crippen molar-refractivity contribution in [3.63, 3.8) is 0 Å². The average molecular weight is 611 g/mol. The van der Waals surface area contributed by atoms with Crippen molar-refractivity contribution < 1.29 is 33.3 Å². The molecule has 3 N–H and O–H groups in total. The molecular weight excluding hydrogens is 566 g/mol. The van der Waals surface area contributed by atoms with Crippen molar-refractivity contribution >= 4 is 11.8 Å². The van der Waals surface area contributed by atoms with Crippen LogP contribution in [-0.2, 0) is 17.6 Å². The summed E-state index contributed by atoms with van der Waals surface area (Å²) in [5.74, 6) is -2.39. The number of hydrogen-bond acceptors (Lipinski definition) is 5. The summed E-state index contributed by atoms with van der Waals surface area (Å²) in [6.07, 6.45) is -0.899. The number of carbonyl (C=O) groups is 2. The van der Waals surface area contributed by atoms with Gasteiger partial charge in [-0.3, -0.25) is 9.59 Å². The zero-order valence-electron chi connectivity index (χ0n) is 26.0. The van der Waals surface area contributed by atoms with Gasteiger partial charge in [0.05, 0.1) is 19.3 Å². The molecule has 0 aliphatic rings. The first-order valence-electron chi connectivity index (χ1n) is 15.2. The van der Waals surface area contributed by atoms with E-state index >= 15 is 0 Å². The van der Waals surface area contributed by atoms with Gasteiger partial charge in [0.2, 0.25) is 0 Å². The number of aliphatic hydroxyl groups excluding tert-OH is 2. The number of nitrogens with one attached hydrogen (secondary N) is 1. The van der Waals surface area contributed by atoms with E-state index in [4.69, 9.17) is 4.74 Å². The van der Waals surface area contributed by atoms with E-state index in [0.717, 1.165) is 42.2 Å². The van der Waals surface area contributed by atoms with Gasteiger partial charge >= 0.3 is 0 Å². The van der Waals surface area contributed by atoms with Crippen LogP contribution in [0.1, 0.15) is 69.7 Å². The van der Waals surface area contributed by atoms with Crippen molar-refractivity contribution in [1.29, 1.82) is 0 Å². The van der Waals surface area contributed by atoms with Gasteiger partial charge in [0.1, 0.15) is 23.8 Å². The Balaban J connectivity index is 1.77. The van der Waals surface area contributed by atoms with E-state index in [0.29, 0.717) is 37.2 Å². The first kappa shape index (κ1) is 34.8. The molecule has 0 aliphatic heterocycles. The Morgan fingerprint density at radius 2 is 1.45 bits per heavy atom. The number of halogens is 2. The van der Waals surface area contributed by atoms with Crippen LogP contribution in [0.4, 0.5) is 8.78 Å². The first-order chi connectivity index (χ1) is 21.0. The van der Waals surface area contributed by atoms with Crippen LogP contribution in [0, 0.1) is 25.5 Å². The molecule has 0 aromatic heterocycles. The van der Waals surface area contributed by atoms with E-state index in [9.17, 15) is 28.6 Å².